The number of H-pyrrole nitrogens is 1. The highest BCUT2D eigenvalue weighted by atomic mass is 19.1. The minimum atomic E-state index is -0.364. The monoisotopic (exact) mass is 434 g/mol. The van der Waals surface area contributed by atoms with E-state index in [-0.39, 0.29) is 29.5 Å². The number of halogens is 1. The molecule has 3 aromatic rings. The van der Waals surface area contributed by atoms with Crippen LogP contribution in [0.15, 0.2) is 48.5 Å². The smallest absolute Gasteiger partial charge is 0.253 e. The van der Waals surface area contributed by atoms with Gasteiger partial charge in [0.1, 0.15) is 11.6 Å². The highest BCUT2D eigenvalue weighted by molar-refractivity contribution is 5.94. The molecule has 5 rings (SSSR count). The van der Waals surface area contributed by atoms with Crippen LogP contribution in [-0.2, 0) is 4.79 Å². The lowest BCUT2D eigenvalue weighted by Crippen LogP contribution is -2.49. The molecular weight excluding hydrogens is 407 g/mol. The Balaban J connectivity index is 1.25. The average molecular weight is 435 g/mol. The molecule has 166 valence electrons. The van der Waals surface area contributed by atoms with E-state index in [4.69, 9.17) is 4.98 Å². The molecule has 1 aromatic heterocycles. The summed E-state index contributed by atoms with van der Waals surface area (Å²) in [5, 5.41) is 0. The Morgan fingerprint density at radius 1 is 0.938 bits per heavy atom. The Hall–Kier alpha value is -3.22. The molecule has 0 unspecified atom stereocenters. The predicted octanol–water partition coefficient (Wildman–Crippen LogP) is 3.96. The van der Waals surface area contributed by atoms with Gasteiger partial charge in [-0.2, -0.15) is 0 Å². The summed E-state index contributed by atoms with van der Waals surface area (Å²) in [5.74, 6) is 0.574. The van der Waals surface area contributed by atoms with E-state index in [9.17, 15) is 14.0 Å². The van der Waals surface area contributed by atoms with Crippen LogP contribution in [0.5, 0.6) is 0 Å². The first-order valence-electron chi connectivity index (χ1n) is 11.4. The van der Waals surface area contributed by atoms with Crippen LogP contribution in [-0.4, -0.2) is 57.8 Å². The molecule has 0 saturated carbocycles. The van der Waals surface area contributed by atoms with E-state index in [1.165, 1.54) is 24.3 Å². The number of rotatable bonds is 3. The molecule has 2 aromatic carbocycles. The summed E-state index contributed by atoms with van der Waals surface area (Å²) in [6.07, 6.45) is 3.53. The normalized spacial score (nSPS) is 21.7. The van der Waals surface area contributed by atoms with Gasteiger partial charge in [0.25, 0.3) is 5.91 Å². The van der Waals surface area contributed by atoms with Crippen LogP contribution >= 0.6 is 0 Å². The molecule has 2 fully saturated rings. The van der Waals surface area contributed by atoms with Crippen molar-refractivity contribution in [1.29, 1.82) is 0 Å². The fraction of sp³-hybridized carbons (Fsp3) is 0.400. The van der Waals surface area contributed by atoms with Crippen LogP contribution in [0.2, 0.25) is 0 Å². The van der Waals surface area contributed by atoms with Crippen LogP contribution in [0, 0.1) is 11.7 Å². The van der Waals surface area contributed by atoms with Gasteiger partial charge in [0, 0.05) is 37.7 Å². The van der Waals surface area contributed by atoms with Crippen LogP contribution in [0.25, 0.3) is 11.0 Å². The molecule has 3 heterocycles. The first kappa shape index (κ1) is 20.7. The van der Waals surface area contributed by atoms with Crippen molar-refractivity contribution in [2.45, 2.75) is 31.6 Å². The van der Waals surface area contributed by atoms with Crippen molar-refractivity contribution in [2.75, 3.05) is 26.2 Å². The second-order valence-corrected chi connectivity index (χ2v) is 8.86. The molecule has 0 bridgehead atoms. The van der Waals surface area contributed by atoms with E-state index < -0.39 is 0 Å². The predicted molar refractivity (Wildman–Crippen MR) is 120 cm³/mol. The van der Waals surface area contributed by atoms with Gasteiger partial charge >= 0.3 is 0 Å². The van der Waals surface area contributed by atoms with Crippen molar-refractivity contribution >= 4 is 22.8 Å². The fourth-order valence-electron chi connectivity index (χ4n) is 4.96. The lowest BCUT2D eigenvalue weighted by Gasteiger charge is -2.38. The van der Waals surface area contributed by atoms with Crippen LogP contribution < -0.4 is 0 Å². The summed E-state index contributed by atoms with van der Waals surface area (Å²) >= 11 is 0. The first-order valence-corrected chi connectivity index (χ1v) is 11.4. The number of benzene rings is 2. The molecular formula is C25H27FN4O2. The highest BCUT2D eigenvalue weighted by Crippen LogP contribution is 2.29. The second-order valence-electron chi connectivity index (χ2n) is 8.86. The Morgan fingerprint density at radius 3 is 2.50 bits per heavy atom. The maximum absolute atomic E-state index is 13.4. The van der Waals surface area contributed by atoms with E-state index in [0.29, 0.717) is 25.2 Å². The van der Waals surface area contributed by atoms with Crippen LogP contribution in [0.4, 0.5) is 4.39 Å². The number of aromatic amines is 1. The zero-order valence-electron chi connectivity index (χ0n) is 18.0. The number of likely N-dealkylation sites (tertiary alicyclic amines) is 2. The van der Waals surface area contributed by atoms with Gasteiger partial charge in [0.05, 0.1) is 17.0 Å². The molecule has 6 nitrogen and oxygen atoms in total. The lowest BCUT2D eigenvalue weighted by molar-refractivity contribution is -0.138. The highest BCUT2D eigenvalue weighted by Gasteiger charge is 2.34. The van der Waals surface area contributed by atoms with Crippen molar-refractivity contribution in [1.82, 2.24) is 19.8 Å². The van der Waals surface area contributed by atoms with Gasteiger partial charge in [-0.15, -0.1) is 0 Å². The third kappa shape index (κ3) is 4.11. The number of hydrogen-bond donors (Lipinski definition) is 1. The maximum Gasteiger partial charge on any atom is 0.253 e. The van der Waals surface area contributed by atoms with Crippen LogP contribution in [0.3, 0.4) is 0 Å². The topological polar surface area (TPSA) is 69.3 Å². The Labute approximate surface area is 186 Å². The van der Waals surface area contributed by atoms with Gasteiger partial charge < -0.3 is 14.8 Å². The fourth-order valence-corrected chi connectivity index (χ4v) is 4.96. The zero-order chi connectivity index (χ0) is 22.1. The zero-order valence-corrected chi connectivity index (χ0v) is 18.0. The molecule has 0 radical (unpaired) electrons. The molecule has 2 amide bonds. The molecule has 2 saturated heterocycles. The Kier molecular flexibility index (Phi) is 5.64. The minimum Gasteiger partial charge on any atom is -0.342 e. The number of carbonyl (C=O) groups is 2. The van der Waals surface area contributed by atoms with Gasteiger partial charge in [-0.3, -0.25) is 9.59 Å². The average Bonchev–Trinajstić information content (AvgIpc) is 3.28. The van der Waals surface area contributed by atoms with E-state index in [1.54, 1.807) is 4.90 Å². The SMILES string of the molecule is O=C(c1ccc(F)cc1)N1CCC[C@H](C(=O)N2CCC[C@@H](c3nc4ccccc4[nH]3)C2)C1. The van der Waals surface area contributed by atoms with Gasteiger partial charge in [0.15, 0.2) is 0 Å². The van der Waals surface area contributed by atoms with Gasteiger partial charge in [-0.05, 0) is 62.1 Å². The lowest BCUT2D eigenvalue weighted by atomic mass is 9.92. The van der Waals surface area contributed by atoms with Gasteiger partial charge in [0.2, 0.25) is 5.91 Å². The molecule has 2 aliphatic rings. The summed E-state index contributed by atoms with van der Waals surface area (Å²) in [6.45, 7) is 2.45. The molecule has 2 aliphatic heterocycles. The summed E-state index contributed by atoms with van der Waals surface area (Å²) in [5.41, 5.74) is 2.43. The quantitative estimate of drug-likeness (QED) is 0.678. The number of amides is 2. The number of imidazole rings is 1. The van der Waals surface area contributed by atoms with Crippen molar-refractivity contribution in [3.8, 4) is 0 Å². The number of carbonyl (C=O) groups excluding carboxylic acids is 2. The summed E-state index contributed by atoms with van der Waals surface area (Å²) in [4.78, 5) is 38.1. The van der Waals surface area contributed by atoms with Crippen LogP contribution in [0.1, 0.15) is 47.8 Å². The van der Waals surface area contributed by atoms with E-state index in [2.05, 4.69) is 4.98 Å². The third-order valence-corrected chi connectivity index (χ3v) is 6.68. The molecule has 0 spiro atoms. The van der Waals surface area contributed by atoms with Crippen molar-refractivity contribution in [3.05, 3.63) is 65.7 Å². The molecule has 32 heavy (non-hydrogen) atoms. The summed E-state index contributed by atoms with van der Waals surface area (Å²) in [6, 6.07) is 13.6. The standard InChI is InChI=1S/C25H27FN4O2/c26-20-11-9-17(10-12-20)24(31)30-14-4-6-19(16-30)25(32)29-13-3-5-18(15-29)23-27-21-7-1-2-8-22(21)28-23/h1-2,7-12,18-19H,3-6,13-16H2,(H,27,28)/t18-,19+/m1/s1. The molecule has 7 heteroatoms. The third-order valence-electron chi connectivity index (χ3n) is 6.68. The summed E-state index contributed by atoms with van der Waals surface area (Å²) in [7, 11) is 0. The van der Waals surface area contributed by atoms with E-state index >= 15 is 0 Å². The second kappa shape index (κ2) is 8.73. The largest absolute Gasteiger partial charge is 0.342 e. The molecule has 2 atom stereocenters. The Morgan fingerprint density at radius 2 is 1.69 bits per heavy atom. The number of aromatic nitrogens is 2. The number of nitrogens with zero attached hydrogens (tertiary/aromatic N) is 3. The van der Waals surface area contributed by atoms with Gasteiger partial charge in [-0.1, -0.05) is 12.1 Å². The number of fused-ring (bicyclic) bond motifs is 1. The first-order chi connectivity index (χ1) is 15.6. The van der Waals surface area contributed by atoms with Crippen molar-refractivity contribution in [2.24, 2.45) is 5.92 Å². The molecule has 0 aliphatic carbocycles. The van der Waals surface area contributed by atoms with Crippen molar-refractivity contribution in [3.63, 3.8) is 0 Å². The van der Waals surface area contributed by atoms with E-state index in [0.717, 1.165) is 49.1 Å². The van der Waals surface area contributed by atoms with Gasteiger partial charge in [-0.25, -0.2) is 9.37 Å². The number of piperidine rings is 2. The number of para-hydroxylation sites is 2. The minimum absolute atomic E-state index is 0.127. The number of hydrogen-bond acceptors (Lipinski definition) is 3. The Bertz CT molecular complexity index is 1090. The summed E-state index contributed by atoms with van der Waals surface area (Å²) < 4.78 is 13.2. The maximum atomic E-state index is 13.4. The van der Waals surface area contributed by atoms with Crippen molar-refractivity contribution < 1.29 is 14.0 Å². The van der Waals surface area contributed by atoms with E-state index in [1.807, 2.05) is 29.2 Å². The number of nitrogens with one attached hydrogen (secondary N) is 1. The molecule has 1 N–H and O–H groups in total.